The number of halogens is 1. The van der Waals surface area contributed by atoms with Gasteiger partial charge in [0.15, 0.2) is 0 Å². The van der Waals surface area contributed by atoms with E-state index in [4.69, 9.17) is 9.47 Å². The Hall–Kier alpha value is -2.30. The van der Waals surface area contributed by atoms with Gasteiger partial charge in [-0.3, -0.25) is 0 Å². The predicted octanol–water partition coefficient (Wildman–Crippen LogP) is 5.35. The maximum Gasteiger partial charge on any atom is 0.147 e. The number of hydrogen-bond acceptors (Lipinski definition) is 3. The highest BCUT2D eigenvalue weighted by Crippen LogP contribution is 2.27. The molecule has 122 valence electrons. The van der Waals surface area contributed by atoms with E-state index in [1.807, 2.05) is 78.9 Å². The standard InChI is InChI=1S/C20H17BrO3/c21-16-6-8-17(9-7-16)23-18-10-12-19(13-11-18)24-20(14-22)15-4-2-1-3-5-15/h1-13,20,22H,14H2. The van der Waals surface area contributed by atoms with Gasteiger partial charge in [-0.25, -0.2) is 0 Å². The predicted molar refractivity (Wildman–Crippen MR) is 97.6 cm³/mol. The molecule has 0 spiro atoms. The van der Waals surface area contributed by atoms with Crippen molar-refractivity contribution in [2.24, 2.45) is 0 Å². The molecule has 0 fully saturated rings. The number of aliphatic hydroxyl groups excluding tert-OH is 1. The summed E-state index contributed by atoms with van der Waals surface area (Å²) in [6.45, 7) is -0.0822. The molecule has 0 radical (unpaired) electrons. The second kappa shape index (κ2) is 7.99. The second-order valence-corrected chi connectivity index (χ2v) is 6.14. The number of rotatable bonds is 6. The van der Waals surface area contributed by atoms with Crippen LogP contribution in [0, 0.1) is 0 Å². The molecule has 0 bridgehead atoms. The van der Waals surface area contributed by atoms with Crippen molar-refractivity contribution < 1.29 is 14.6 Å². The van der Waals surface area contributed by atoms with Gasteiger partial charge in [0.2, 0.25) is 0 Å². The topological polar surface area (TPSA) is 38.7 Å². The highest BCUT2D eigenvalue weighted by molar-refractivity contribution is 9.10. The molecule has 3 aromatic rings. The van der Waals surface area contributed by atoms with Gasteiger partial charge in [-0.05, 0) is 54.1 Å². The van der Waals surface area contributed by atoms with Crippen molar-refractivity contribution >= 4 is 15.9 Å². The normalized spacial score (nSPS) is 11.8. The molecule has 0 aliphatic carbocycles. The van der Waals surface area contributed by atoms with E-state index in [0.717, 1.165) is 21.5 Å². The fraction of sp³-hybridized carbons (Fsp3) is 0.100. The van der Waals surface area contributed by atoms with Crippen LogP contribution in [0.5, 0.6) is 17.2 Å². The summed E-state index contributed by atoms with van der Waals surface area (Å²) in [5, 5.41) is 9.56. The lowest BCUT2D eigenvalue weighted by atomic mass is 10.1. The van der Waals surface area contributed by atoms with E-state index in [9.17, 15) is 5.11 Å². The van der Waals surface area contributed by atoms with Gasteiger partial charge in [-0.2, -0.15) is 0 Å². The Morgan fingerprint density at radius 1 is 0.750 bits per heavy atom. The molecule has 1 unspecified atom stereocenters. The van der Waals surface area contributed by atoms with E-state index >= 15 is 0 Å². The molecule has 0 heterocycles. The van der Waals surface area contributed by atoms with E-state index in [2.05, 4.69) is 15.9 Å². The molecule has 0 aliphatic heterocycles. The number of ether oxygens (including phenoxy) is 2. The molecule has 0 saturated heterocycles. The summed E-state index contributed by atoms with van der Waals surface area (Å²) in [6.07, 6.45) is -0.385. The first-order valence-electron chi connectivity index (χ1n) is 7.60. The van der Waals surface area contributed by atoms with Gasteiger partial charge in [0.05, 0.1) is 6.61 Å². The fourth-order valence-electron chi connectivity index (χ4n) is 2.27. The number of aliphatic hydroxyl groups is 1. The minimum atomic E-state index is -0.385. The maximum absolute atomic E-state index is 9.56. The van der Waals surface area contributed by atoms with Crippen molar-refractivity contribution in [2.45, 2.75) is 6.10 Å². The highest BCUT2D eigenvalue weighted by Gasteiger charge is 2.11. The number of benzene rings is 3. The molecule has 0 aromatic heterocycles. The molecule has 3 nitrogen and oxygen atoms in total. The molecular weight excluding hydrogens is 368 g/mol. The van der Waals surface area contributed by atoms with Gasteiger partial charge in [-0.1, -0.05) is 46.3 Å². The van der Waals surface area contributed by atoms with E-state index in [1.165, 1.54) is 0 Å². The monoisotopic (exact) mass is 384 g/mol. The Morgan fingerprint density at radius 2 is 1.29 bits per heavy atom. The van der Waals surface area contributed by atoms with Crippen LogP contribution in [-0.2, 0) is 0 Å². The summed E-state index contributed by atoms with van der Waals surface area (Å²) in [4.78, 5) is 0. The van der Waals surface area contributed by atoms with Crippen LogP contribution in [0.3, 0.4) is 0 Å². The van der Waals surface area contributed by atoms with Gasteiger partial charge >= 0.3 is 0 Å². The van der Waals surface area contributed by atoms with Crippen molar-refractivity contribution in [1.29, 1.82) is 0 Å². The van der Waals surface area contributed by atoms with Gasteiger partial charge < -0.3 is 14.6 Å². The zero-order chi connectivity index (χ0) is 16.8. The van der Waals surface area contributed by atoms with Crippen molar-refractivity contribution in [1.82, 2.24) is 0 Å². The molecular formula is C20H17BrO3. The lowest BCUT2D eigenvalue weighted by molar-refractivity contribution is 0.116. The summed E-state index contributed by atoms with van der Waals surface area (Å²) >= 11 is 3.40. The summed E-state index contributed by atoms with van der Waals surface area (Å²) in [6, 6.07) is 24.7. The molecule has 0 saturated carbocycles. The maximum atomic E-state index is 9.56. The van der Waals surface area contributed by atoms with Crippen molar-refractivity contribution in [3.05, 3.63) is 88.9 Å². The van der Waals surface area contributed by atoms with Crippen molar-refractivity contribution in [3.8, 4) is 17.2 Å². The van der Waals surface area contributed by atoms with Crippen LogP contribution >= 0.6 is 15.9 Å². The Kier molecular flexibility index (Phi) is 5.51. The van der Waals surface area contributed by atoms with Crippen LogP contribution in [-0.4, -0.2) is 11.7 Å². The molecule has 4 heteroatoms. The minimum absolute atomic E-state index is 0.0822. The summed E-state index contributed by atoms with van der Waals surface area (Å²) in [7, 11) is 0. The minimum Gasteiger partial charge on any atom is -0.483 e. The summed E-state index contributed by atoms with van der Waals surface area (Å²) in [5.41, 5.74) is 0.940. The van der Waals surface area contributed by atoms with Crippen LogP contribution in [0.1, 0.15) is 11.7 Å². The van der Waals surface area contributed by atoms with Crippen LogP contribution < -0.4 is 9.47 Å². The lowest BCUT2D eigenvalue weighted by Gasteiger charge is -2.17. The van der Waals surface area contributed by atoms with Crippen LogP contribution in [0.2, 0.25) is 0 Å². The Balaban J connectivity index is 1.66. The first kappa shape index (κ1) is 16.6. The molecule has 3 aromatic carbocycles. The van der Waals surface area contributed by atoms with E-state index in [0.29, 0.717) is 5.75 Å². The lowest BCUT2D eigenvalue weighted by Crippen LogP contribution is -2.11. The Morgan fingerprint density at radius 3 is 1.88 bits per heavy atom. The molecule has 0 aliphatic rings. The average molecular weight is 385 g/mol. The first-order valence-corrected chi connectivity index (χ1v) is 8.40. The van der Waals surface area contributed by atoms with Crippen LogP contribution in [0.15, 0.2) is 83.3 Å². The number of hydrogen-bond donors (Lipinski definition) is 1. The molecule has 1 atom stereocenters. The smallest absolute Gasteiger partial charge is 0.147 e. The van der Waals surface area contributed by atoms with Gasteiger partial charge in [0.1, 0.15) is 23.4 Å². The van der Waals surface area contributed by atoms with Gasteiger partial charge in [0.25, 0.3) is 0 Å². The quantitative estimate of drug-likeness (QED) is 0.621. The Labute approximate surface area is 149 Å². The highest BCUT2D eigenvalue weighted by atomic mass is 79.9. The van der Waals surface area contributed by atoms with Crippen LogP contribution in [0.4, 0.5) is 0 Å². The first-order chi connectivity index (χ1) is 11.7. The molecule has 3 rings (SSSR count). The van der Waals surface area contributed by atoms with E-state index in [1.54, 1.807) is 0 Å². The second-order valence-electron chi connectivity index (χ2n) is 5.23. The molecule has 24 heavy (non-hydrogen) atoms. The van der Waals surface area contributed by atoms with Crippen LogP contribution in [0.25, 0.3) is 0 Å². The zero-order valence-corrected chi connectivity index (χ0v) is 14.5. The molecule has 0 amide bonds. The zero-order valence-electron chi connectivity index (χ0n) is 12.9. The summed E-state index contributed by atoms with van der Waals surface area (Å²) < 4.78 is 12.6. The SMILES string of the molecule is OCC(Oc1ccc(Oc2ccc(Br)cc2)cc1)c1ccccc1. The Bertz CT molecular complexity index is 755. The van der Waals surface area contributed by atoms with E-state index in [-0.39, 0.29) is 12.7 Å². The largest absolute Gasteiger partial charge is 0.483 e. The fourth-order valence-corrected chi connectivity index (χ4v) is 2.53. The summed E-state index contributed by atoms with van der Waals surface area (Å²) in [5.74, 6) is 2.18. The van der Waals surface area contributed by atoms with Gasteiger partial charge in [-0.15, -0.1) is 0 Å². The third kappa shape index (κ3) is 4.37. The molecule has 1 N–H and O–H groups in total. The van der Waals surface area contributed by atoms with Gasteiger partial charge in [0, 0.05) is 4.47 Å². The third-order valence-corrected chi connectivity index (χ3v) is 4.02. The van der Waals surface area contributed by atoms with E-state index < -0.39 is 0 Å². The average Bonchev–Trinajstić information content (AvgIpc) is 2.64. The van der Waals surface area contributed by atoms with Crippen molar-refractivity contribution in [3.63, 3.8) is 0 Å². The third-order valence-electron chi connectivity index (χ3n) is 3.49. The van der Waals surface area contributed by atoms with Crippen molar-refractivity contribution in [2.75, 3.05) is 6.61 Å².